The molecule has 2 nitrogen and oxygen atoms in total. The van der Waals surface area contributed by atoms with Crippen molar-refractivity contribution in [1.82, 2.24) is 0 Å². The summed E-state index contributed by atoms with van der Waals surface area (Å²) in [5.41, 5.74) is 7.30. The van der Waals surface area contributed by atoms with Crippen molar-refractivity contribution in [3.8, 4) is 5.75 Å². The molecule has 3 heteroatoms. The minimum absolute atomic E-state index is 0.207. The highest BCUT2D eigenvalue weighted by molar-refractivity contribution is 6.32. The molecule has 0 aromatic heterocycles. The smallest absolute Gasteiger partial charge is 0.137 e. The van der Waals surface area contributed by atoms with Crippen LogP contribution >= 0.6 is 11.6 Å². The number of benzene rings is 1. The zero-order valence-corrected chi connectivity index (χ0v) is 10.7. The van der Waals surface area contributed by atoms with E-state index < -0.39 is 0 Å². The van der Waals surface area contributed by atoms with Crippen LogP contribution in [0.25, 0.3) is 0 Å². The maximum atomic E-state index is 6.26. The molecular formula is C14H18ClNO. The highest BCUT2D eigenvalue weighted by Gasteiger charge is 2.43. The Morgan fingerprint density at radius 2 is 2.12 bits per heavy atom. The molecule has 0 bridgehead atoms. The van der Waals surface area contributed by atoms with Gasteiger partial charge >= 0.3 is 0 Å². The Hall–Kier alpha value is -0.730. The molecule has 0 spiro atoms. The Kier molecular flexibility index (Phi) is 2.80. The van der Waals surface area contributed by atoms with Crippen molar-refractivity contribution in [3.63, 3.8) is 0 Å². The van der Waals surface area contributed by atoms with E-state index in [9.17, 15) is 0 Å². The molecule has 0 saturated heterocycles. The van der Waals surface area contributed by atoms with Gasteiger partial charge in [-0.1, -0.05) is 17.7 Å². The van der Waals surface area contributed by atoms with Crippen LogP contribution in [0.4, 0.5) is 0 Å². The molecule has 2 N–H and O–H groups in total. The van der Waals surface area contributed by atoms with Crippen molar-refractivity contribution in [1.29, 1.82) is 0 Å². The van der Waals surface area contributed by atoms with Crippen molar-refractivity contribution >= 4 is 11.6 Å². The first kappa shape index (κ1) is 11.4. The fourth-order valence-electron chi connectivity index (χ4n) is 2.20. The number of nitrogens with two attached hydrogens (primary N) is 1. The summed E-state index contributed by atoms with van der Waals surface area (Å²) in [6, 6.07) is 6.15. The first-order chi connectivity index (χ1) is 8.23. The van der Waals surface area contributed by atoms with Crippen LogP contribution in [0.3, 0.4) is 0 Å². The van der Waals surface area contributed by atoms with E-state index in [4.69, 9.17) is 22.1 Å². The van der Waals surface area contributed by atoms with Gasteiger partial charge in [0.15, 0.2) is 0 Å². The average Bonchev–Trinajstić information content (AvgIpc) is 3.22. The van der Waals surface area contributed by atoms with Crippen molar-refractivity contribution < 1.29 is 4.74 Å². The summed E-state index contributed by atoms with van der Waals surface area (Å²) in [7, 11) is 0. The van der Waals surface area contributed by atoms with Gasteiger partial charge in [-0.15, -0.1) is 0 Å². The van der Waals surface area contributed by atoms with Crippen LogP contribution < -0.4 is 10.5 Å². The molecule has 2 saturated carbocycles. The average molecular weight is 252 g/mol. The van der Waals surface area contributed by atoms with Crippen LogP contribution in [0.1, 0.15) is 31.2 Å². The third-order valence-electron chi connectivity index (χ3n) is 3.96. The summed E-state index contributed by atoms with van der Waals surface area (Å²) in [4.78, 5) is 0. The molecule has 2 aliphatic carbocycles. The normalized spacial score (nSPS) is 21.3. The summed E-state index contributed by atoms with van der Waals surface area (Å²) < 4.78 is 5.72. The second kappa shape index (κ2) is 4.18. The molecule has 1 aromatic rings. The van der Waals surface area contributed by atoms with E-state index in [1.54, 1.807) is 0 Å². The van der Waals surface area contributed by atoms with Gasteiger partial charge in [-0.2, -0.15) is 0 Å². The van der Waals surface area contributed by atoms with Gasteiger partial charge in [-0.25, -0.2) is 0 Å². The Balaban J connectivity index is 1.73. The van der Waals surface area contributed by atoms with Crippen LogP contribution in [0.15, 0.2) is 18.2 Å². The molecule has 0 aliphatic heterocycles. The number of hydrogen-bond acceptors (Lipinski definition) is 2. The Morgan fingerprint density at radius 1 is 1.35 bits per heavy atom. The third kappa shape index (κ3) is 2.29. The van der Waals surface area contributed by atoms with E-state index in [0.29, 0.717) is 6.54 Å². The van der Waals surface area contributed by atoms with Crippen LogP contribution in [-0.2, 0) is 5.41 Å². The van der Waals surface area contributed by atoms with E-state index in [-0.39, 0.29) is 5.41 Å². The number of halogens is 1. The number of ether oxygens (including phenoxy) is 1. The summed E-state index contributed by atoms with van der Waals surface area (Å²) in [5.74, 6) is 1.57. The lowest BCUT2D eigenvalue weighted by molar-refractivity contribution is 0.300. The summed E-state index contributed by atoms with van der Waals surface area (Å²) in [5, 5.41) is 0.725. The first-order valence-corrected chi connectivity index (χ1v) is 6.74. The molecule has 92 valence electrons. The lowest BCUT2D eigenvalue weighted by Gasteiger charge is -2.15. The minimum Gasteiger partial charge on any atom is -0.492 e. The SMILES string of the molecule is NCC1(c2ccc(OCC3CC3)c(Cl)c2)CC1. The topological polar surface area (TPSA) is 35.2 Å². The monoisotopic (exact) mass is 251 g/mol. The summed E-state index contributed by atoms with van der Waals surface area (Å²) >= 11 is 6.26. The van der Waals surface area contributed by atoms with Crippen molar-refractivity contribution in [2.45, 2.75) is 31.1 Å². The van der Waals surface area contributed by atoms with E-state index >= 15 is 0 Å². The third-order valence-corrected chi connectivity index (χ3v) is 4.26. The fourth-order valence-corrected chi connectivity index (χ4v) is 2.44. The minimum atomic E-state index is 0.207. The molecular weight excluding hydrogens is 234 g/mol. The molecule has 2 aliphatic rings. The summed E-state index contributed by atoms with van der Waals surface area (Å²) in [6.45, 7) is 1.52. The number of hydrogen-bond donors (Lipinski definition) is 1. The molecule has 17 heavy (non-hydrogen) atoms. The molecule has 0 atom stereocenters. The van der Waals surface area contributed by atoms with Gasteiger partial charge < -0.3 is 10.5 Å². The fraction of sp³-hybridized carbons (Fsp3) is 0.571. The molecule has 3 rings (SSSR count). The molecule has 1 aromatic carbocycles. The van der Waals surface area contributed by atoms with Gasteiger partial charge in [-0.05, 0) is 49.3 Å². The van der Waals surface area contributed by atoms with Gasteiger partial charge in [0.2, 0.25) is 0 Å². The van der Waals surface area contributed by atoms with Crippen molar-refractivity contribution in [2.24, 2.45) is 11.7 Å². The summed E-state index contributed by atoms with van der Waals surface area (Å²) in [6.07, 6.45) is 4.96. The Labute approximate surface area is 107 Å². The van der Waals surface area contributed by atoms with Crippen molar-refractivity contribution in [3.05, 3.63) is 28.8 Å². The van der Waals surface area contributed by atoms with E-state index in [1.807, 2.05) is 12.1 Å². The second-order valence-corrected chi connectivity index (χ2v) is 5.79. The maximum absolute atomic E-state index is 6.26. The molecule has 0 unspecified atom stereocenters. The van der Waals surface area contributed by atoms with E-state index in [2.05, 4.69) is 6.07 Å². The van der Waals surface area contributed by atoms with E-state index in [0.717, 1.165) is 23.3 Å². The quantitative estimate of drug-likeness (QED) is 0.873. The molecule has 0 radical (unpaired) electrons. The van der Waals surface area contributed by atoms with Crippen molar-refractivity contribution in [2.75, 3.05) is 13.2 Å². The van der Waals surface area contributed by atoms with Gasteiger partial charge in [0.1, 0.15) is 5.75 Å². The zero-order chi connectivity index (χ0) is 11.9. The van der Waals surface area contributed by atoms with Crippen LogP contribution in [-0.4, -0.2) is 13.2 Å². The van der Waals surface area contributed by atoms with Crippen LogP contribution in [0.5, 0.6) is 5.75 Å². The Morgan fingerprint density at radius 3 is 2.65 bits per heavy atom. The molecule has 2 fully saturated rings. The standard InChI is InChI=1S/C14H18ClNO/c15-12-7-11(14(9-16)5-6-14)3-4-13(12)17-8-10-1-2-10/h3-4,7,10H,1-2,5-6,8-9,16H2. The number of rotatable bonds is 5. The predicted octanol–water partition coefficient (Wildman–Crippen LogP) is 3.12. The highest BCUT2D eigenvalue weighted by Crippen LogP contribution is 2.48. The van der Waals surface area contributed by atoms with Crippen LogP contribution in [0, 0.1) is 5.92 Å². The van der Waals surface area contributed by atoms with Crippen LogP contribution in [0.2, 0.25) is 5.02 Å². The lowest BCUT2D eigenvalue weighted by atomic mass is 9.96. The lowest BCUT2D eigenvalue weighted by Crippen LogP contribution is -2.19. The van der Waals surface area contributed by atoms with Gasteiger partial charge in [0.25, 0.3) is 0 Å². The Bertz CT molecular complexity index is 424. The first-order valence-electron chi connectivity index (χ1n) is 6.36. The molecule has 0 heterocycles. The highest BCUT2D eigenvalue weighted by atomic mass is 35.5. The zero-order valence-electron chi connectivity index (χ0n) is 9.92. The van der Waals surface area contributed by atoms with Gasteiger partial charge in [0, 0.05) is 12.0 Å². The predicted molar refractivity (Wildman–Crippen MR) is 69.6 cm³/mol. The largest absolute Gasteiger partial charge is 0.492 e. The van der Waals surface area contributed by atoms with Gasteiger partial charge in [-0.3, -0.25) is 0 Å². The molecule has 0 amide bonds. The maximum Gasteiger partial charge on any atom is 0.137 e. The second-order valence-electron chi connectivity index (χ2n) is 5.38. The van der Waals surface area contributed by atoms with Gasteiger partial charge in [0.05, 0.1) is 11.6 Å². The van der Waals surface area contributed by atoms with E-state index in [1.165, 1.54) is 31.2 Å².